The third kappa shape index (κ3) is 6.63. The summed E-state index contributed by atoms with van der Waals surface area (Å²) in [6, 6.07) is 6.19. The Morgan fingerprint density at radius 1 is 0.939 bits per heavy atom. The number of carbonyl (C=O) groups excluding carboxylic acids is 3. The van der Waals surface area contributed by atoms with Gasteiger partial charge in [-0.05, 0) is 80.5 Å². The Morgan fingerprint density at radius 2 is 1.63 bits per heavy atom. The molecular weight excluding hydrogens is 614 g/mol. The first-order valence-corrected chi connectivity index (χ1v) is 17.5. The molecule has 0 saturated carbocycles. The highest BCUT2D eigenvalue weighted by Crippen LogP contribution is 2.38. The number of ether oxygens (including phenoxy) is 1. The minimum absolute atomic E-state index is 0.149. The number of aromatic amines is 2. The molecule has 0 aliphatic carbocycles. The topological polar surface area (TPSA) is 121 Å². The third-order valence-electron chi connectivity index (χ3n) is 9.94. The van der Waals surface area contributed by atoms with Crippen LogP contribution in [0.4, 0.5) is 0 Å². The lowest BCUT2D eigenvalue weighted by Crippen LogP contribution is -2.41. The van der Waals surface area contributed by atoms with Gasteiger partial charge < -0.3 is 14.7 Å². The van der Waals surface area contributed by atoms with Crippen molar-refractivity contribution in [2.75, 3.05) is 13.7 Å². The Labute approximate surface area is 289 Å². The van der Waals surface area contributed by atoms with E-state index in [1.165, 1.54) is 12.0 Å². The lowest BCUT2D eigenvalue weighted by atomic mass is 9.96. The number of nitrogens with zero attached hydrogens (tertiary/aromatic N) is 3. The summed E-state index contributed by atoms with van der Waals surface area (Å²) in [7, 11) is 1.38. The van der Waals surface area contributed by atoms with Gasteiger partial charge in [0.05, 0.1) is 46.5 Å². The summed E-state index contributed by atoms with van der Waals surface area (Å²) >= 11 is 0. The number of hydrogen-bond donors (Lipinski definition) is 2. The molecule has 0 spiro atoms. The van der Waals surface area contributed by atoms with Crippen LogP contribution in [0.15, 0.2) is 30.9 Å². The predicted molar refractivity (Wildman–Crippen MR) is 196 cm³/mol. The van der Waals surface area contributed by atoms with E-state index in [0.717, 1.165) is 99.6 Å². The van der Waals surface area contributed by atoms with Crippen molar-refractivity contribution >= 4 is 51.1 Å². The van der Waals surface area contributed by atoms with E-state index < -0.39 is 0 Å². The van der Waals surface area contributed by atoms with E-state index in [2.05, 4.69) is 68.0 Å². The average Bonchev–Trinajstić information content (AvgIpc) is 3.78. The molecule has 258 valence electrons. The maximum absolute atomic E-state index is 14.2. The van der Waals surface area contributed by atoms with Crippen molar-refractivity contribution in [3.05, 3.63) is 81.7 Å². The zero-order valence-corrected chi connectivity index (χ0v) is 30.2. The first-order chi connectivity index (χ1) is 23.5. The van der Waals surface area contributed by atoms with Crippen LogP contribution < -0.4 is 0 Å². The number of carbonyl (C=O) groups is 3. The first-order valence-electron chi connectivity index (χ1n) is 17.5. The van der Waals surface area contributed by atoms with Crippen molar-refractivity contribution < 1.29 is 19.1 Å². The molecule has 0 saturated heterocycles. The molecule has 0 aromatic carbocycles. The summed E-state index contributed by atoms with van der Waals surface area (Å²) in [6.45, 7) is 18.9. The molecule has 2 N–H and O–H groups in total. The molecule has 49 heavy (non-hydrogen) atoms. The lowest BCUT2D eigenvalue weighted by Gasteiger charge is -2.26. The Morgan fingerprint density at radius 3 is 2.27 bits per heavy atom. The number of amides is 2. The van der Waals surface area contributed by atoms with Crippen LogP contribution in [0.3, 0.4) is 0 Å². The number of imide groups is 1. The second kappa shape index (κ2) is 14.8. The van der Waals surface area contributed by atoms with Crippen LogP contribution in [-0.2, 0) is 16.0 Å². The molecule has 1 unspecified atom stereocenters. The maximum atomic E-state index is 14.2. The molecule has 4 aliphatic rings. The SMILES string of the molecule is C=CC1=C(C)c2cc3[nH]c(c4c5[nH]c(cc6nc(cc1n2)C(C)=C6CC)c(C)c5C(=O)N(CCCCCC)C4=O)CC3C.CCC(=O)OC. The Balaban J connectivity index is 0.000000717. The number of methoxy groups -OCH3 is 1. The number of allylic oxidation sites excluding steroid dienone is 5. The van der Waals surface area contributed by atoms with Crippen LogP contribution in [0, 0.1) is 6.92 Å². The summed E-state index contributed by atoms with van der Waals surface area (Å²) < 4.78 is 4.26. The Bertz CT molecular complexity index is 1970. The van der Waals surface area contributed by atoms with E-state index in [-0.39, 0.29) is 23.7 Å². The standard InChI is InChI=1S/C36H41N5O2.C4H8O2/c1-8-11-12-13-14-41-35(42)32-22(7)28-18-30-24(10-3)21(6)27(39-30)17-29-23(9-2)20(5)26(38-29)16-25-19(4)15-31(37-25)33(36(41)43)34(32)40-28;1-3-4(5)6-2/h9,16-19,37,40H,2,8,10-15H2,1,3-7H3;3H2,1-2H3. The largest absolute Gasteiger partial charge is 0.469 e. The molecular formula is C40H49N5O4. The monoisotopic (exact) mass is 663 g/mol. The van der Waals surface area contributed by atoms with Crippen LogP contribution in [0.2, 0.25) is 0 Å². The number of fused-ring (bicyclic) bond motifs is 8. The molecule has 0 fully saturated rings. The minimum atomic E-state index is -0.230. The summed E-state index contributed by atoms with van der Waals surface area (Å²) in [4.78, 5) is 56.8. The number of unbranched alkanes of at least 4 members (excludes halogenated alkanes) is 3. The summed E-state index contributed by atoms with van der Waals surface area (Å²) in [5, 5.41) is 0. The number of H-pyrrole nitrogens is 2. The van der Waals surface area contributed by atoms with Crippen LogP contribution >= 0.6 is 0 Å². The van der Waals surface area contributed by atoms with Gasteiger partial charge in [-0.1, -0.05) is 59.6 Å². The molecule has 2 aromatic heterocycles. The van der Waals surface area contributed by atoms with Gasteiger partial charge in [-0.15, -0.1) is 0 Å². The summed E-state index contributed by atoms with van der Waals surface area (Å²) in [6.07, 6.45) is 7.78. The van der Waals surface area contributed by atoms with E-state index in [1.54, 1.807) is 6.92 Å². The molecule has 2 amide bonds. The predicted octanol–water partition coefficient (Wildman–Crippen LogP) is 8.89. The quantitative estimate of drug-likeness (QED) is 0.165. The van der Waals surface area contributed by atoms with E-state index >= 15 is 0 Å². The molecule has 2 aromatic rings. The molecule has 1 atom stereocenters. The molecule has 6 heterocycles. The zero-order chi connectivity index (χ0) is 35.6. The van der Waals surface area contributed by atoms with Crippen LogP contribution in [-0.4, -0.2) is 56.3 Å². The van der Waals surface area contributed by atoms with E-state index in [4.69, 9.17) is 9.97 Å². The van der Waals surface area contributed by atoms with Crippen molar-refractivity contribution in [1.82, 2.24) is 24.8 Å². The zero-order valence-electron chi connectivity index (χ0n) is 30.2. The van der Waals surface area contributed by atoms with Gasteiger partial charge in [0.25, 0.3) is 11.8 Å². The third-order valence-corrected chi connectivity index (χ3v) is 9.94. The fourth-order valence-electron chi connectivity index (χ4n) is 6.97. The highest BCUT2D eigenvalue weighted by atomic mass is 16.5. The molecule has 8 bridgehead atoms. The number of aryl methyl sites for hydroxylation is 1. The van der Waals surface area contributed by atoms with Crippen LogP contribution in [0.1, 0.15) is 146 Å². The normalized spacial score (nSPS) is 16.1. The van der Waals surface area contributed by atoms with E-state index in [9.17, 15) is 14.4 Å². The maximum Gasteiger partial charge on any atom is 0.305 e. The molecule has 6 rings (SSSR count). The average molecular weight is 664 g/mol. The van der Waals surface area contributed by atoms with Gasteiger partial charge in [0.15, 0.2) is 0 Å². The van der Waals surface area contributed by atoms with Gasteiger partial charge in [0.2, 0.25) is 0 Å². The number of esters is 1. The molecule has 9 heteroatoms. The Kier molecular flexibility index (Phi) is 10.7. The summed E-state index contributed by atoms with van der Waals surface area (Å²) in [5.41, 5.74) is 13.0. The number of nitrogens with one attached hydrogen (secondary N) is 2. The van der Waals surface area contributed by atoms with Crippen molar-refractivity contribution in [3.63, 3.8) is 0 Å². The first kappa shape index (κ1) is 35.5. The van der Waals surface area contributed by atoms with Crippen molar-refractivity contribution in [3.8, 4) is 0 Å². The molecule has 9 nitrogen and oxygen atoms in total. The van der Waals surface area contributed by atoms with E-state index in [0.29, 0.717) is 36.0 Å². The minimum Gasteiger partial charge on any atom is -0.469 e. The molecule has 0 radical (unpaired) electrons. The van der Waals surface area contributed by atoms with Crippen molar-refractivity contribution in [2.45, 2.75) is 99.3 Å². The van der Waals surface area contributed by atoms with Gasteiger partial charge in [0.1, 0.15) is 0 Å². The summed E-state index contributed by atoms with van der Waals surface area (Å²) in [5.74, 6) is -0.455. The van der Waals surface area contributed by atoms with Gasteiger partial charge >= 0.3 is 5.97 Å². The van der Waals surface area contributed by atoms with Gasteiger partial charge in [-0.2, -0.15) is 0 Å². The lowest BCUT2D eigenvalue weighted by molar-refractivity contribution is -0.140. The van der Waals surface area contributed by atoms with Crippen LogP contribution in [0.25, 0.3) is 33.3 Å². The van der Waals surface area contributed by atoms with Gasteiger partial charge in [0, 0.05) is 41.4 Å². The number of aromatic nitrogens is 4. The Hall–Kier alpha value is -4.79. The highest BCUT2D eigenvalue weighted by molar-refractivity contribution is 6.23. The van der Waals surface area contributed by atoms with Crippen molar-refractivity contribution in [1.29, 1.82) is 0 Å². The second-order valence-corrected chi connectivity index (χ2v) is 13.1. The highest BCUT2D eigenvalue weighted by Gasteiger charge is 2.37. The van der Waals surface area contributed by atoms with E-state index in [1.807, 2.05) is 19.1 Å². The van der Waals surface area contributed by atoms with Gasteiger partial charge in [-0.3, -0.25) is 19.3 Å². The fourth-order valence-corrected chi connectivity index (χ4v) is 6.97. The number of hydrogen-bond acceptors (Lipinski definition) is 6. The number of rotatable bonds is 8. The van der Waals surface area contributed by atoms with Crippen molar-refractivity contribution in [2.24, 2.45) is 0 Å². The van der Waals surface area contributed by atoms with Gasteiger partial charge in [-0.25, -0.2) is 9.97 Å². The second-order valence-electron chi connectivity index (χ2n) is 13.1. The molecule has 4 aliphatic heterocycles. The smallest absolute Gasteiger partial charge is 0.305 e. The fraction of sp³-hybridized carbons (Fsp3) is 0.425. The van der Waals surface area contributed by atoms with Crippen LogP contribution in [0.5, 0.6) is 0 Å².